The Morgan fingerprint density at radius 1 is 1.31 bits per heavy atom. The summed E-state index contributed by atoms with van der Waals surface area (Å²) < 4.78 is 0. The van der Waals surface area contributed by atoms with E-state index < -0.39 is 0 Å². The highest BCUT2D eigenvalue weighted by atomic mass is 14.5. The third-order valence-electron chi connectivity index (χ3n) is 2.41. The van der Waals surface area contributed by atoms with Gasteiger partial charge in [0.2, 0.25) is 0 Å². The molecule has 0 amide bonds. The van der Waals surface area contributed by atoms with Crippen molar-refractivity contribution in [1.29, 1.82) is 0 Å². The van der Waals surface area contributed by atoms with Crippen molar-refractivity contribution in [3.05, 3.63) is 41.0 Å². The fraction of sp³-hybridized carbons (Fsp3) is 0.333. The Morgan fingerprint density at radius 2 is 1.92 bits per heavy atom. The highest BCUT2D eigenvalue weighted by molar-refractivity contribution is 5.58. The Bertz CT molecular complexity index is 313. The molecular formula is C12H17N. The molecule has 70 valence electrons. The van der Waals surface area contributed by atoms with Gasteiger partial charge in [-0.3, -0.25) is 0 Å². The number of hydrogen-bond acceptors (Lipinski definition) is 1. The van der Waals surface area contributed by atoms with E-state index >= 15 is 0 Å². The molecule has 2 N–H and O–H groups in total. The molecule has 0 fully saturated rings. The predicted molar refractivity (Wildman–Crippen MR) is 58.8 cm³/mol. The van der Waals surface area contributed by atoms with Gasteiger partial charge in [-0.15, -0.1) is 0 Å². The van der Waals surface area contributed by atoms with Gasteiger partial charge in [0.15, 0.2) is 0 Å². The first-order valence-corrected chi connectivity index (χ1v) is 4.62. The molecule has 0 spiro atoms. The summed E-state index contributed by atoms with van der Waals surface area (Å²) >= 11 is 0. The zero-order valence-electron chi connectivity index (χ0n) is 8.43. The van der Waals surface area contributed by atoms with Crippen LogP contribution in [-0.4, -0.2) is 6.54 Å². The molecule has 0 saturated carbocycles. The summed E-state index contributed by atoms with van der Waals surface area (Å²) in [6.07, 6.45) is 2.86. The van der Waals surface area contributed by atoms with Crippen LogP contribution < -0.4 is 5.73 Å². The van der Waals surface area contributed by atoms with Crippen LogP contribution in [0.1, 0.15) is 22.3 Å². The number of aryl methyl sites for hydroxylation is 2. The lowest BCUT2D eigenvalue weighted by Gasteiger charge is -2.11. The highest BCUT2D eigenvalue weighted by Crippen LogP contribution is 2.19. The zero-order valence-corrected chi connectivity index (χ0v) is 8.43. The summed E-state index contributed by atoms with van der Waals surface area (Å²) in [7, 11) is 0. The Labute approximate surface area is 80.3 Å². The molecule has 0 aromatic heterocycles. The van der Waals surface area contributed by atoms with Crippen LogP contribution in [0.4, 0.5) is 0 Å². The van der Waals surface area contributed by atoms with Crippen molar-refractivity contribution < 1.29 is 0 Å². The van der Waals surface area contributed by atoms with Crippen LogP contribution in [0.15, 0.2) is 18.7 Å². The van der Waals surface area contributed by atoms with E-state index in [0.717, 1.165) is 6.42 Å². The van der Waals surface area contributed by atoms with Crippen molar-refractivity contribution >= 4 is 6.08 Å². The maximum atomic E-state index is 5.57. The first-order valence-electron chi connectivity index (χ1n) is 4.62. The van der Waals surface area contributed by atoms with Gasteiger partial charge >= 0.3 is 0 Å². The van der Waals surface area contributed by atoms with Crippen molar-refractivity contribution in [1.82, 2.24) is 0 Å². The summed E-state index contributed by atoms with van der Waals surface area (Å²) in [5.74, 6) is 0. The lowest BCUT2D eigenvalue weighted by Crippen LogP contribution is -2.06. The van der Waals surface area contributed by atoms with Crippen molar-refractivity contribution in [3.63, 3.8) is 0 Å². The zero-order chi connectivity index (χ0) is 9.84. The number of nitrogens with two attached hydrogens (primary N) is 1. The molecule has 0 aliphatic rings. The third-order valence-corrected chi connectivity index (χ3v) is 2.41. The number of rotatable bonds is 3. The Kier molecular flexibility index (Phi) is 3.26. The molecule has 0 unspecified atom stereocenters. The molecule has 1 heteroatoms. The van der Waals surface area contributed by atoms with E-state index in [-0.39, 0.29) is 0 Å². The van der Waals surface area contributed by atoms with E-state index in [1.165, 1.54) is 22.3 Å². The summed E-state index contributed by atoms with van der Waals surface area (Å²) in [6, 6.07) is 4.28. The minimum Gasteiger partial charge on any atom is -0.330 e. The maximum absolute atomic E-state index is 5.57. The maximum Gasteiger partial charge on any atom is -0.00364 e. The summed E-state index contributed by atoms with van der Waals surface area (Å²) in [4.78, 5) is 0. The standard InChI is InChI=1S/C12H17N/c1-4-11-9(2)5-6-10(3)12(11)7-8-13/h4-6H,1,7-8,13H2,2-3H3. The summed E-state index contributed by atoms with van der Waals surface area (Å²) in [5, 5.41) is 0. The van der Waals surface area contributed by atoms with Crippen LogP contribution in [0, 0.1) is 13.8 Å². The summed E-state index contributed by atoms with van der Waals surface area (Å²) in [6.45, 7) is 8.76. The van der Waals surface area contributed by atoms with E-state index in [1.54, 1.807) is 0 Å². The van der Waals surface area contributed by atoms with E-state index in [9.17, 15) is 0 Å². The van der Waals surface area contributed by atoms with Crippen LogP contribution in [0.25, 0.3) is 6.08 Å². The van der Waals surface area contributed by atoms with Gasteiger partial charge in [0.25, 0.3) is 0 Å². The van der Waals surface area contributed by atoms with Crippen molar-refractivity contribution in [2.75, 3.05) is 6.54 Å². The second-order valence-corrected chi connectivity index (χ2v) is 3.33. The van der Waals surface area contributed by atoms with E-state index in [1.807, 2.05) is 6.08 Å². The first-order chi connectivity index (χ1) is 6.20. The second-order valence-electron chi connectivity index (χ2n) is 3.33. The van der Waals surface area contributed by atoms with Crippen LogP contribution in [0.2, 0.25) is 0 Å². The smallest absolute Gasteiger partial charge is 0.00364 e. The molecular weight excluding hydrogens is 158 g/mol. The minimum absolute atomic E-state index is 0.700. The van der Waals surface area contributed by atoms with Crippen LogP contribution in [0.5, 0.6) is 0 Å². The third kappa shape index (κ3) is 1.99. The topological polar surface area (TPSA) is 26.0 Å². The molecule has 1 rings (SSSR count). The predicted octanol–water partition coefficient (Wildman–Crippen LogP) is 2.45. The first kappa shape index (κ1) is 10.0. The molecule has 1 aromatic rings. The van der Waals surface area contributed by atoms with Crippen LogP contribution >= 0.6 is 0 Å². The summed E-state index contributed by atoms with van der Waals surface area (Å²) in [5.41, 5.74) is 10.8. The highest BCUT2D eigenvalue weighted by Gasteiger charge is 2.04. The van der Waals surface area contributed by atoms with E-state index in [0.29, 0.717) is 6.54 Å². The lowest BCUT2D eigenvalue weighted by atomic mass is 9.95. The van der Waals surface area contributed by atoms with E-state index in [4.69, 9.17) is 5.73 Å². The molecule has 1 nitrogen and oxygen atoms in total. The Morgan fingerprint density at radius 3 is 2.46 bits per heavy atom. The molecule has 0 aliphatic heterocycles. The quantitative estimate of drug-likeness (QED) is 0.750. The van der Waals surface area contributed by atoms with Gasteiger partial charge in [-0.05, 0) is 49.1 Å². The number of benzene rings is 1. The van der Waals surface area contributed by atoms with Gasteiger partial charge < -0.3 is 5.73 Å². The fourth-order valence-electron chi connectivity index (χ4n) is 1.65. The normalized spacial score (nSPS) is 10.1. The minimum atomic E-state index is 0.700. The van der Waals surface area contributed by atoms with Crippen molar-refractivity contribution in [3.8, 4) is 0 Å². The molecule has 13 heavy (non-hydrogen) atoms. The largest absolute Gasteiger partial charge is 0.330 e. The number of hydrogen-bond donors (Lipinski definition) is 1. The monoisotopic (exact) mass is 175 g/mol. The van der Waals surface area contributed by atoms with Crippen LogP contribution in [-0.2, 0) is 6.42 Å². The van der Waals surface area contributed by atoms with Gasteiger partial charge in [0.05, 0.1) is 0 Å². The molecule has 1 aromatic carbocycles. The van der Waals surface area contributed by atoms with Gasteiger partial charge in [-0.2, -0.15) is 0 Å². The van der Waals surface area contributed by atoms with Crippen molar-refractivity contribution in [2.45, 2.75) is 20.3 Å². The fourth-order valence-corrected chi connectivity index (χ4v) is 1.65. The molecule has 0 aliphatic carbocycles. The lowest BCUT2D eigenvalue weighted by molar-refractivity contribution is 0.952. The SMILES string of the molecule is C=Cc1c(C)ccc(C)c1CCN. The Balaban J connectivity index is 3.25. The average molecular weight is 175 g/mol. The second kappa shape index (κ2) is 4.24. The van der Waals surface area contributed by atoms with Gasteiger partial charge in [0, 0.05) is 0 Å². The van der Waals surface area contributed by atoms with Gasteiger partial charge in [0.1, 0.15) is 0 Å². The van der Waals surface area contributed by atoms with Crippen LogP contribution in [0.3, 0.4) is 0 Å². The van der Waals surface area contributed by atoms with Gasteiger partial charge in [-0.25, -0.2) is 0 Å². The molecule has 0 heterocycles. The molecule has 0 saturated heterocycles. The molecule has 0 radical (unpaired) electrons. The average Bonchev–Trinajstić information content (AvgIpc) is 2.12. The van der Waals surface area contributed by atoms with Gasteiger partial charge in [-0.1, -0.05) is 24.8 Å². The Hall–Kier alpha value is -1.08. The molecule has 0 atom stereocenters. The van der Waals surface area contributed by atoms with E-state index in [2.05, 4.69) is 32.6 Å². The molecule has 0 bridgehead atoms. The van der Waals surface area contributed by atoms with Crippen molar-refractivity contribution in [2.24, 2.45) is 5.73 Å².